The number of carboxylic acid groups (broad SMARTS) is 1. The maximum Gasteiger partial charge on any atom is 0.337 e. The maximum absolute atomic E-state index is 11.2. The highest BCUT2D eigenvalue weighted by molar-refractivity contribution is 5.97. The Kier molecular flexibility index (Phi) is 6.19. The maximum atomic E-state index is 11.2. The molecule has 4 heteroatoms. The molecule has 1 aromatic carbocycles. The number of hydrogen-bond donors (Lipinski definition) is 3. The molecule has 19 heavy (non-hydrogen) atoms. The summed E-state index contributed by atoms with van der Waals surface area (Å²) < 4.78 is 0. The van der Waals surface area contributed by atoms with Crippen LogP contribution in [0.25, 0.3) is 0 Å². The second-order valence-electron chi connectivity index (χ2n) is 4.87. The van der Waals surface area contributed by atoms with Gasteiger partial charge in [0, 0.05) is 6.54 Å². The Morgan fingerprint density at radius 1 is 1.42 bits per heavy atom. The van der Waals surface area contributed by atoms with E-state index in [0.717, 1.165) is 19.4 Å². The Hall–Kier alpha value is -1.71. The third-order valence-electron chi connectivity index (χ3n) is 3.44. The Balaban J connectivity index is 2.73. The van der Waals surface area contributed by atoms with Gasteiger partial charge in [0.05, 0.1) is 16.9 Å². The second-order valence-corrected chi connectivity index (χ2v) is 4.87. The quantitative estimate of drug-likeness (QED) is 0.627. The summed E-state index contributed by atoms with van der Waals surface area (Å²) in [6.07, 6.45) is 4.64. The zero-order chi connectivity index (χ0) is 14.3. The van der Waals surface area contributed by atoms with Gasteiger partial charge in [0.25, 0.3) is 0 Å². The molecule has 106 valence electrons. The molecule has 1 aromatic rings. The van der Waals surface area contributed by atoms with Gasteiger partial charge in [-0.3, -0.25) is 0 Å². The highest BCUT2D eigenvalue weighted by Gasteiger charge is 2.13. The molecular weight excluding hydrogens is 240 g/mol. The minimum atomic E-state index is -0.948. The molecule has 0 saturated carbocycles. The van der Waals surface area contributed by atoms with E-state index >= 15 is 0 Å². The van der Waals surface area contributed by atoms with Crippen molar-refractivity contribution in [2.24, 2.45) is 5.92 Å². The molecule has 0 saturated heterocycles. The minimum Gasteiger partial charge on any atom is -0.478 e. The number of hydrogen-bond acceptors (Lipinski definition) is 3. The molecule has 1 atom stereocenters. The van der Waals surface area contributed by atoms with E-state index in [2.05, 4.69) is 19.2 Å². The molecule has 0 radical (unpaired) electrons. The first kappa shape index (κ1) is 15.3. The van der Waals surface area contributed by atoms with Crippen molar-refractivity contribution in [3.05, 3.63) is 23.8 Å². The molecule has 0 spiro atoms. The third-order valence-corrected chi connectivity index (χ3v) is 3.44. The Morgan fingerprint density at radius 2 is 2.16 bits per heavy atom. The molecule has 0 aromatic heterocycles. The predicted molar refractivity (Wildman–Crippen MR) is 79.6 cm³/mol. The number of aromatic carboxylic acids is 1. The molecule has 0 aliphatic heterocycles. The van der Waals surface area contributed by atoms with E-state index < -0.39 is 5.97 Å². The molecule has 4 N–H and O–H groups in total. The van der Waals surface area contributed by atoms with Gasteiger partial charge < -0.3 is 16.2 Å². The van der Waals surface area contributed by atoms with Gasteiger partial charge >= 0.3 is 5.97 Å². The highest BCUT2D eigenvalue weighted by Crippen LogP contribution is 2.24. The van der Waals surface area contributed by atoms with E-state index in [4.69, 9.17) is 10.8 Å². The summed E-state index contributed by atoms with van der Waals surface area (Å²) in [5.41, 5.74) is 7.14. The van der Waals surface area contributed by atoms with Gasteiger partial charge in [0.2, 0.25) is 0 Å². The van der Waals surface area contributed by atoms with Gasteiger partial charge in [-0.1, -0.05) is 39.2 Å². The van der Waals surface area contributed by atoms with Crippen molar-refractivity contribution in [1.82, 2.24) is 0 Å². The number of para-hydroxylation sites is 1. The van der Waals surface area contributed by atoms with Crippen molar-refractivity contribution < 1.29 is 9.90 Å². The van der Waals surface area contributed by atoms with Gasteiger partial charge in [-0.05, 0) is 24.5 Å². The van der Waals surface area contributed by atoms with E-state index in [9.17, 15) is 4.79 Å². The van der Waals surface area contributed by atoms with Crippen LogP contribution in [0, 0.1) is 5.92 Å². The first-order chi connectivity index (χ1) is 9.10. The van der Waals surface area contributed by atoms with E-state index in [-0.39, 0.29) is 5.56 Å². The number of anilines is 2. The zero-order valence-corrected chi connectivity index (χ0v) is 11.8. The van der Waals surface area contributed by atoms with Crippen LogP contribution in [0.2, 0.25) is 0 Å². The van der Waals surface area contributed by atoms with Crippen LogP contribution in [0.4, 0.5) is 11.4 Å². The van der Waals surface area contributed by atoms with Crippen molar-refractivity contribution >= 4 is 17.3 Å². The van der Waals surface area contributed by atoms with Crippen molar-refractivity contribution in [2.45, 2.75) is 39.5 Å². The Bertz CT molecular complexity index is 419. The fourth-order valence-corrected chi connectivity index (χ4v) is 2.14. The molecule has 0 fully saturated rings. The largest absolute Gasteiger partial charge is 0.478 e. The van der Waals surface area contributed by atoms with Gasteiger partial charge in [-0.15, -0.1) is 0 Å². The summed E-state index contributed by atoms with van der Waals surface area (Å²) in [5.74, 6) is -0.391. The van der Waals surface area contributed by atoms with Gasteiger partial charge in [-0.2, -0.15) is 0 Å². The van der Waals surface area contributed by atoms with E-state index in [1.54, 1.807) is 18.2 Å². The molecule has 0 aliphatic carbocycles. The Morgan fingerprint density at radius 3 is 2.74 bits per heavy atom. The first-order valence-electron chi connectivity index (χ1n) is 6.95. The topological polar surface area (TPSA) is 75.3 Å². The lowest BCUT2D eigenvalue weighted by Crippen LogP contribution is -2.16. The molecule has 1 unspecified atom stereocenters. The van der Waals surface area contributed by atoms with Crippen LogP contribution >= 0.6 is 0 Å². The lowest BCUT2D eigenvalue weighted by Gasteiger charge is -2.18. The van der Waals surface area contributed by atoms with E-state index in [1.165, 1.54) is 12.8 Å². The standard InChI is InChI=1S/C15H24N2O2/c1-3-5-7-11(4-2)10-17-14-12(15(18)19)8-6-9-13(14)16/h6,8-9,11,17H,3-5,7,10,16H2,1-2H3,(H,18,19). The lowest BCUT2D eigenvalue weighted by molar-refractivity contribution is 0.0698. The van der Waals surface area contributed by atoms with Crippen molar-refractivity contribution in [2.75, 3.05) is 17.6 Å². The van der Waals surface area contributed by atoms with Gasteiger partial charge in [0.15, 0.2) is 0 Å². The van der Waals surface area contributed by atoms with E-state index in [1.807, 2.05) is 0 Å². The summed E-state index contributed by atoms with van der Waals surface area (Å²) in [7, 11) is 0. The summed E-state index contributed by atoms with van der Waals surface area (Å²) >= 11 is 0. The number of unbranched alkanes of at least 4 members (excludes halogenated alkanes) is 1. The highest BCUT2D eigenvalue weighted by atomic mass is 16.4. The van der Waals surface area contributed by atoms with Crippen molar-refractivity contribution in [3.8, 4) is 0 Å². The van der Waals surface area contributed by atoms with Crippen LogP contribution in [-0.2, 0) is 0 Å². The number of rotatable bonds is 8. The van der Waals surface area contributed by atoms with Crippen LogP contribution in [-0.4, -0.2) is 17.6 Å². The third kappa shape index (κ3) is 4.47. The zero-order valence-electron chi connectivity index (χ0n) is 11.8. The fraction of sp³-hybridized carbons (Fsp3) is 0.533. The monoisotopic (exact) mass is 264 g/mol. The first-order valence-corrected chi connectivity index (χ1v) is 6.95. The second kappa shape index (κ2) is 7.67. The van der Waals surface area contributed by atoms with Gasteiger partial charge in [0.1, 0.15) is 0 Å². The average molecular weight is 264 g/mol. The van der Waals surface area contributed by atoms with Crippen LogP contribution in [0.3, 0.4) is 0 Å². The SMILES string of the molecule is CCCCC(CC)CNc1c(N)cccc1C(=O)O. The average Bonchev–Trinajstić information content (AvgIpc) is 2.40. The molecule has 0 amide bonds. The van der Waals surface area contributed by atoms with Crippen LogP contribution < -0.4 is 11.1 Å². The number of nitrogens with two attached hydrogens (primary N) is 1. The normalized spacial score (nSPS) is 12.1. The van der Waals surface area contributed by atoms with Gasteiger partial charge in [-0.25, -0.2) is 4.79 Å². The summed E-state index contributed by atoms with van der Waals surface area (Å²) in [6.45, 7) is 5.11. The molecule has 0 aliphatic rings. The smallest absolute Gasteiger partial charge is 0.337 e. The van der Waals surface area contributed by atoms with Crippen molar-refractivity contribution in [3.63, 3.8) is 0 Å². The molecular formula is C15H24N2O2. The molecule has 1 rings (SSSR count). The predicted octanol–water partition coefficient (Wildman–Crippen LogP) is 3.60. The molecule has 4 nitrogen and oxygen atoms in total. The number of carboxylic acids is 1. The molecule has 0 heterocycles. The number of nitrogen functional groups attached to an aromatic ring is 1. The minimum absolute atomic E-state index is 0.241. The van der Waals surface area contributed by atoms with Crippen LogP contribution in [0.5, 0.6) is 0 Å². The van der Waals surface area contributed by atoms with Crippen LogP contribution in [0.15, 0.2) is 18.2 Å². The van der Waals surface area contributed by atoms with E-state index in [0.29, 0.717) is 17.3 Å². The fourth-order valence-electron chi connectivity index (χ4n) is 2.14. The summed E-state index contributed by atoms with van der Waals surface area (Å²) in [4.78, 5) is 11.2. The number of nitrogens with one attached hydrogen (secondary N) is 1. The molecule has 0 bridgehead atoms. The van der Waals surface area contributed by atoms with Crippen LogP contribution in [0.1, 0.15) is 49.9 Å². The van der Waals surface area contributed by atoms with Crippen molar-refractivity contribution in [1.29, 1.82) is 0 Å². The Labute approximate surface area is 115 Å². The summed E-state index contributed by atoms with van der Waals surface area (Å²) in [6, 6.07) is 4.97. The number of benzene rings is 1. The lowest BCUT2D eigenvalue weighted by atomic mass is 9.99. The summed E-state index contributed by atoms with van der Waals surface area (Å²) in [5, 5.41) is 12.4. The number of carbonyl (C=O) groups is 1.